The fourth-order valence-electron chi connectivity index (χ4n) is 3.04. The number of carbonyl (C=O) groups is 1. The predicted octanol–water partition coefficient (Wildman–Crippen LogP) is 4.52. The molecule has 0 radical (unpaired) electrons. The topological polar surface area (TPSA) is 73.0 Å². The highest BCUT2D eigenvalue weighted by Crippen LogP contribution is 2.28. The first-order valence-corrected chi connectivity index (χ1v) is 10.7. The summed E-state index contributed by atoms with van der Waals surface area (Å²) in [4.78, 5) is 12.6. The maximum absolute atomic E-state index is 13.4. The number of nitrogens with zero attached hydrogens (tertiary/aromatic N) is 3. The first-order chi connectivity index (χ1) is 15.1. The molecule has 2 aromatic carbocycles. The third kappa shape index (κ3) is 5.21. The molecule has 6 nitrogen and oxygen atoms in total. The van der Waals surface area contributed by atoms with Crippen molar-refractivity contribution in [2.75, 3.05) is 0 Å². The Balaban J connectivity index is 1.55. The molecule has 2 aromatic heterocycles. The molecular formula is C23H21FN4O2S. The average molecular weight is 437 g/mol. The van der Waals surface area contributed by atoms with Crippen molar-refractivity contribution in [1.29, 1.82) is 0 Å². The standard InChI is InChI=1S/C23H21FN4O2S/c1-16(22(29)25-14-20-8-5-13-30-20)31-23-27-26-21(18-9-11-19(24)12-10-18)28(23)15-17-6-3-2-4-7-17/h2-13,16H,14-15H2,1H3,(H,25,29). The first-order valence-electron chi connectivity index (χ1n) is 9.80. The van der Waals surface area contributed by atoms with Gasteiger partial charge in [0, 0.05) is 5.56 Å². The van der Waals surface area contributed by atoms with Crippen LogP contribution in [0.1, 0.15) is 18.2 Å². The highest BCUT2D eigenvalue weighted by molar-refractivity contribution is 8.00. The monoisotopic (exact) mass is 436 g/mol. The van der Waals surface area contributed by atoms with Crippen molar-refractivity contribution in [1.82, 2.24) is 20.1 Å². The van der Waals surface area contributed by atoms with Gasteiger partial charge in [0.05, 0.1) is 24.6 Å². The normalized spacial score (nSPS) is 11.9. The summed E-state index contributed by atoms with van der Waals surface area (Å²) in [7, 11) is 0. The van der Waals surface area contributed by atoms with Gasteiger partial charge in [-0.15, -0.1) is 10.2 Å². The SMILES string of the molecule is CC(Sc1nnc(-c2ccc(F)cc2)n1Cc1ccccc1)C(=O)NCc1ccco1. The molecule has 2 heterocycles. The van der Waals surface area contributed by atoms with Crippen LogP contribution in [0.5, 0.6) is 0 Å². The number of nitrogens with one attached hydrogen (secondary N) is 1. The third-order valence-electron chi connectivity index (χ3n) is 4.67. The number of hydrogen-bond acceptors (Lipinski definition) is 5. The van der Waals surface area contributed by atoms with Crippen molar-refractivity contribution in [3.8, 4) is 11.4 Å². The number of rotatable bonds is 8. The molecule has 0 fully saturated rings. The van der Waals surface area contributed by atoms with Gasteiger partial charge in [-0.3, -0.25) is 9.36 Å². The quantitative estimate of drug-likeness (QED) is 0.411. The Morgan fingerprint density at radius 2 is 1.87 bits per heavy atom. The summed E-state index contributed by atoms with van der Waals surface area (Å²) in [5, 5.41) is 11.7. The van der Waals surface area contributed by atoms with Crippen LogP contribution in [0, 0.1) is 5.82 Å². The predicted molar refractivity (Wildman–Crippen MR) is 117 cm³/mol. The molecule has 31 heavy (non-hydrogen) atoms. The van der Waals surface area contributed by atoms with Crippen LogP contribution >= 0.6 is 11.8 Å². The van der Waals surface area contributed by atoms with Gasteiger partial charge >= 0.3 is 0 Å². The van der Waals surface area contributed by atoms with Gasteiger partial charge in [-0.1, -0.05) is 42.1 Å². The number of aromatic nitrogens is 3. The molecule has 1 atom stereocenters. The molecule has 1 N–H and O–H groups in total. The Hall–Kier alpha value is -3.39. The van der Waals surface area contributed by atoms with Gasteiger partial charge in [-0.2, -0.15) is 0 Å². The molecule has 4 rings (SSSR count). The molecule has 1 unspecified atom stereocenters. The maximum Gasteiger partial charge on any atom is 0.233 e. The third-order valence-corrected chi connectivity index (χ3v) is 5.75. The summed E-state index contributed by atoms with van der Waals surface area (Å²) in [6.07, 6.45) is 1.57. The minimum Gasteiger partial charge on any atom is -0.467 e. The van der Waals surface area contributed by atoms with Crippen molar-refractivity contribution < 1.29 is 13.6 Å². The summed E-state index contributed by atoms with van der Waals surface area (Å²) in [6, 6.07) is 19.7. The second-order valence-electron chi connectivity index (χ2n) is 6.94. The summed E-state index contributed by atoms with van der Waals surface area (Å²) in [5.41, 5.74) is 1.83. The molecule has 0 bridgehead atoms. The Bertz CT molecular complexity index is 1130. The number of furan rings is 1. The van der Waals surface area contributed by atoms with E-state index in [1.807, 2.05) is 47.9 Å². The van der Waals surface area contributed by atoms with Crippen LogP contribution in [0.2, 0.25) is 0 Å². The molecule has 0 saturated heterocycles. The lowest BCUT2D eigenvalue weighted by atomic mass is 10.2. The number of amides is 1. The highest BCUT2D eigenvalue weighted by atomic mass is 32.2. The van der Waals surface area contributed by atoms with Crippen LogP contribution in [-0.2, 0) is 17.9 Å². The van der Waals surface area contributed by atoms with Gasteiger partial charge in [0.25, 0.3) is 0 Å². The van der Waals surface area contributed by atoms with Gasteiger partial charge in [0.1, 0.15) is 11.6 Å². The van der Waals surface area contributed by atoms with Gasteiger partial charge in [0.2, 0.25) is 5.91 Å². The Morgan fingerprint density at radius 1 is 1.10 bits per heavy atom. The summed E-state index contributed by atoms with van der Waals surface area (Å²) in [5.74, 6) is 0.874. The van der Waals surface area contributed by atoms with E-state index >= 15 is 0 Å². The van der Waals surface area contributed by atoms with Gasteiger partial charge in [0.15, 0.2) is 11.0 Å². The fraction of sp³-hybridized carbons (Fsp3) is 0.174. The van der Waals surface area contributed by atoms with Crippen LogP contribution in [0.4, 0.5) is 4.39 Å². The maximum atomic E-state index is 13.4. The van der Waals surface area contributed by atoms with Gasteiger partial charge in [-0.05, 0) is 48.9 Å². The smallest absolute Gasteiger partial charge is 0.233 e. The van der Waals surface area contributed by atoms with Crippen molar-refractivity contribution in [2.24, 2.45) is 0 Å². The number of halogens is 1. The number of thioether (sulfide) groups is 1. The molecule has 0 aliphatic carbocycles. The summed E-state index contributed by atoms with van der Waals surface area (Å²) in [6.45, 7) is 2.68. The molecule has 0 aliphatic rings. The van der Waals surface area contributed by atoms with Crippen LogP contribution < -0.4 is 5.32 Å². The van der Waals surface area contributed by atoms with Crippen LogP contribution in [0.15, 0.2) is 82.6 Å². The Kier molecular flexibility index (Phi) is 6.47. The van der Waals surface area contributed by atoms with E-state index in [0.29, 0.717) is 29.8 Å². The number of carbonyl (C=O) groups excluding carboxylic acids is 1. The molecule has 158 valence electrons. The second kappa shape index (κ2) is 9.61. The minimum absolute atomic E-state index is 0.126. The minimum atomic E-state index is -0.394. The van der Waals surface area contributed by atoms with Crippen LogP contribution in [0.25, 0.3) is 11.4 Å². The molecule has 0 spiro atoms. The van der Waals surface area contributed by atoms with E-state index in [1.165, 1.54) is 23.9 Å². The molecule has 8 heteroatoms. The summed E-state index contributed by atoms with van der Waals surface area (Å²) >= 11 is 1.33. The molecule has 4 aromatic rings. The van der Waals surface area contributed by atoms with E-state index in [2.05, 4.69) is 15.5 Å². The first kappa shape index (κ1) is 20.9. The zero-order valence-electron chi connectivity index (χ0n) is 16.9. The van der Waals surface area contributed by atoms with E-state index in [0.717, 1.165) is 11.1 Å². The lowest BCUT2D eigenvalue weighted by Crippen LogP contribution is -2.30. The van der Waals surface area contributed by atoms with Gasteiger partial charge < -0.3 is 9.73 Å². The largest absolute Gasteiger partial charge is 0.467 e. The molecule has 1 amide bonds. The van der Waals surface area contributed by atoms with Crippen molar-refractivity contribution >= 4 is 17.7 Å². The zero-order valence-corrected chi connectivity index (χ0v) is 17.7. The lowest BCUT2D eigenvalue weighted by molar-refractivity contribution is -0.120. The van der Waals surface area contributed by atoms with E-state index in [9.17, 15) is 9.18 Å². The van der Waals surface area contributed by atoms with Crippen LogP contribution in [0.3, 0.4) is 0 Å². The summed E-state index contributed by atoms with van der Waals surface area (Å²) < 4.78 is 20.6. The van der Waals surface area contributed by atoms with E-state index in [1.54, 1.807) is 24.5 Å². The van der Waals surface area contributed by atoms with E-state index in [4.69, 9.17) is 4.42 Å². The second-order valence-corrected chi connectivity index (χ2v) is 8.25. The van der Waals surface area contributed by atoms with Crippen molar-refractivity contribution in [3.05, 3.63) is 90.1 Å². The zero-order chi connectivity index (χ0) is 21.6. The highest BCUT2D eigenvalue weighted by Gasteiger charge is 2.21. The number of hydrogen-bond donors (Lipinski definition) is 1. The molecular weight excluding hydrogens is 415 g/mol. The fourth-order valence-corrected chi connectivity index (χ4v) is 3.91. The number of benzene rings is 2. The Labute approximate surface area is 183 Å². The lowest BCUT2D eigenvalue weighted by Gasteiger charge is -2.14. The van der Waals surface area contributed by atoms with Crippen molar-refractivity contribution in [2.45, 2.75) is 30.4 Å². The van der Waals surface area contributed by atoms with E-state index < -0.39 is 5.25 Å². The van der Waals surface area contributed by atoms with Crippen LogP contribution in [-0.4, -0.2) is 25.9 Å². The van der Waals surface area contributed by atoms with Gasteiger partial charge in [-0.25, -0.2) is 4.39 Å². The Morgan fingerprint density at radius 3 is 2.58 bits per heavy atom. The molecule has 0 saturated carbocycles. The van der Waals surface area contributed by atoms with E-state index in [-0.39, 0.29) is 11.7 Å². The molecule has 0 aliphatic heterocycles. The average Bonchev–Trinajstić information content (AvgIpc) is 3.44. The van der Waals surface area contributed by atoms with Crippen molar-refractivity contribution in [3.63, 3.8) is 0 Å².